The van der Waals surface area contributed by atoms with E-state index in [0.29, 0.717) is 41.1 Å². The first-order valence-electron chi connectivity index (χ1n) is 10.4. The molecule has 1 aliphatic heterocycles. The van der Waals surface area contributed by atoms with E-state index in [1.807, 2.05) is 18.2 Å². The minimum Gasteiger partial charge on any atom is -0.478 e. The van der Waals surface area contributed by atoms with Gasteiger partial charge in [-0.1, -0.05) is 19.0 Å². The van der Waals surface area contributed by atoms with Crippen LogP contribution in [0.5, 0.6) is 11.5 Å². The zero-order chi connectivity index (χ0) is 22.8. The van der Waals surface area contributed by atoms with Crippen LogP contribution in [0.25, 0.3) is 16.9 Å². The molecule has 5 rings (SSSR count). The lowest BCUT2D eigenvalue weighted by Crippen LogP contribution is -2.28. The summed E-state index contributed by atoms with van der Waals surface area (Å²) in [6.45, 7) is 1.36. The summed E-state index contributed by atoms with van der Waals surface area (Å²) in [6, 6.07) is 12.8. The number of aromatic carboxylic acids is 1. The maximum absolute atomic E-state index is 11.3. The monoisotopic (exact) mass is 481 g/mol. The van der Waals surface area contributed by atoms with Crippen LogP contribution >= 0.6 is 11.6 Å². The molecular formula is C24H24ClN5O4. The highest BCUT2D eigenvalue weighted by molar-refractivity contribution is 6.30. The van der Waals surface area contributed by atoms with Crippen LogP contribution in [-0.2, 0) is 4.74 Å². The third-order valence-corrected chi connectivity index (χ3v) is 5.55. The van der Waals surface area contributed by atoms with E-state index in [2.05, 4.69) is 20.4 Å². The largest absolute Gasteiger partial charge is 0.478 e. The SMILES string of the molecule is C.O=C(O)c1cnn(-c2nc(NC3CCOCC3)c3cc(Oc4ccc(Cl)cc4)ccc3n2)c1. The number of aromatic nitrogens is 4. The van der Waals surface area contributed by atoms with Crippen molar-refractivity contribution >= 4 is 34.3 Å². The standard InChI is InChI=1S/C23H20ClN5O4.CH4/c24-15-1-3-17(4-2-15)33-18-5-6-20-19(11-18)21(26-16-7-9-32-10-8-16)28-23(27-20)29-13-14(12-25-29)22(30)31;/h1-6,11-13,16H,7-10H2,(H,30,31)(H,26,27,28);1H4. The molecule has 0 bridgehead atoms. The van der Waals surface area contributed by atoms with Crippen LogP contribution in [0.1, 0.15) is 30.6 Å². The number of carbonyl (C=O) groups is 1. The van der Waals surface area contributed by atoms with Gasteiger partial charge in [-0.05, 0) is 55.3 Å². The lowest BCUT2D eigenvalue weighted by atomic mass is 10.1. The number of anilines is 1. The molecule has 0 spiro atoms. The van der Waals surface area contributed by atoms with Gasteiger partial charge in [0, 0.05) is 35.9 Å². The van der Waals surface area contributed by atoms with Gasteiger partial charge in [0.15, 0.2) is 0 Å². The number of carboxylic acids is 1. The summed E-state index contributed by atoms with van der Waals surface area (Å²) in [5.41, 5.74) is 0.731. The fraction of sp³-hybridized carbons (Fsp3) is 0.250. The molecule has 0 radical (unpaired) electrons. The Balaban J connectivity index is 0.00000274. The molecule has 34 heavy (non-hydrogen) atoms. The van der Waals surface area contributed by atoms with Gasteiger partial charge in [-0.25, -0.2) is 14.5 Å². The van der Waals surface area contributed by atoms with Gasteiger partial charge in [-0.2, -0.15) is 10.1 Å². The summed E-state index contributed by atoms with van der Waals surface area (Å²) in [5, 5.41) is 18.2. The highest BCUT2D eigenvalue weighted by Gasteiger charge is 2.18. The van der Waals surface area contributed by atoms with E-state index in [4.69, 9.17) is 21.1 Å². The average molecular weight is 482 g/mol. The lowest BCUT2D eigenvalue weighted by Gasteiger charge is -2.24. The summed E-state index contributed by atoms with van der Waals surface area (Å²) < 4.78 is 12.8. The summed E-state index contributed by atoms with van der Waals surface area (Å²) in [4.78, 5) is 20.5. The highest BCUT2D eigenvalue weighted by atomic mass is 35.5. The van der Waals surface area contributed by atoms with Gasteiger partial charge < -0.3 is 19.9 Å². The summed E-state index contributed by atoms with van der Waals surface area (Å²) in [6.07, 6.45) is 4.36. The van der Waals surface area contributed by atoms with Crippen LogP contribution < -0.4 is 10.1 Å². The predicted molar refractivity (Wildman–Crippen MR) is 129 cm³/mol. The molecule has 0 saturated carbocycles. The number of halogens is 1. The topological polar surface area (TPSA) is 111 Å². The van der Waals surface area contributed by atoms with E-state index in [1.54, 1.807) is 24.3 Å². The molecule has 0 atom stereocenters. The third kappa shape index (κ3) is 5.11. The van der Waals surface area contributed by atoms with Crippen LogP contribution in [0.15, 0.2) is 54.9 Å². The van der Waals surface area contributed by atoms with Crippen LogP contribution in [-0.4, -0.2) is 50.1 Å². The van der Waals surface area contributed by atoms with E-state index in [1.165, 1.54) is 17.1 Å². The summed E-state index contributed by atoms with van der Waals surface area (Å²) >= 11 is 5.96. The molecule has 0 aliphatic carbocycles. The normalized spacial score (nSPS) is 13.9. The van der Waals surface area contributed by atoms with Crippen molar-refractivity contribution in [1.82, 2.24) is 19.7 Å². The van der Waals surface area contributed by atoms with Crippen LogP contribution in [0.4, 0.5) is 5.82 Å². The first-order valence-corrected chi connectivity index (χ1v) is 10.8. The molecule has 9 nitrogen and oxygen atoms in total. The van der Waals surface area contributed by atoms with E-state index in [-0.39, 0.29) is 25.0 Å². The van der Waals surface area contributed by atoms with Crippen LogP contribution in [0, 0.1) is 0 Å². The van der Waals surface area contributed by atoms with Crippen molar-refractivity contribution in [3.05, 3.63) is 65.4 Å². The van der Waals surface area contributed by atoms with E-state index < -0.39 is 5.97 Å². The van der Waals surface area contributed by atoms with Crippen molar-refractivity contribution in [3.63, 3.8) is 0 Å². The number of nitrogens with one attached hydrogen (secondary N) is 1. The van der Waals surface area contributed by atoms with Gasteiger partial charge in [-0.3, -0.25) is 0 Å². The van der Waals surface area contributed by atoms with E-state index >= 15 is 0 Å². The Bertz CT molecular complexity index is 1300. The zero-order valence-corrected chi connectivity index (χ0v) is 18.2. The molecule has 3 heterocycles. The van der Waals surface area contributed by atoms with Gasteiger partial charge in [-0.15, -0.1) is 0 Å². The fourth-order valence-electron chi connectivity index (χ4n) is 3.59. The number of benzene rings is 2. The number of hydrogen-bond donors (Lipinski definition) is 2. The summed E-state index contributed by atoms with van der Waals surface area (Å²) in [7, 11) is 0. The van der Waals surface area contributed by atoms with Gasteiger partial charge in [0.2, 0.25) is 0 Å². The molecule has 2 N–H and O–H groups in total. The maximum Gasteiger partial charge on any atom is 0.338 e. The Hall–Kier alpha value is -3.69. The van der Waals surface area contributed by atoms with Gasteiger partial charge in [0.1, 0.15) is 17.3 Å². The molecule has 4 aromatic rings. The maximum atomic E-state index is 11.3. The number of carboxylic acid groups (broad SMARTS) is 1. The second kappa shape index (κ2) is 10.1. The molecule has 0 amide bonds. The molecular weight excluding hydrogens is 458 g/mol. The molecule has 176 valence electrons. The van der Waals surface area contributed by atoms with Crippen molar-refractivity contribution in [1.29, 1.82) is 0 Å². The van der Waals surface area contributed by atoms with Crippen molar-refractivity contribution < 1.29 is 19.4 Å². The number of rotatable bonds is 6. The van der Waals surface area contributed by atoms with Gasteiger partial charge in [0.25, 0.3) is 5.95 Å². The Morgan fingerprint density at radius 1 is 1.12 bits per heavy atom. The molecule has 1 saturated heterocycles. The second-order valence-corrected chi connectivity index (χ2v) is 8.05. The Labute approximate surface area is 201 Å². The summed E-state index contributed by atoms with van der Waals surface area (Å²) in [5.74, 6) is 1.12. The Kier molecular flexibility index (Phi) is 6.95. The average Bonchev–Trinajstić information content (AvgIpc) is 3.32. The molecule has 10 heteroatoms. The minimum absolute atomic E-state index is 0. The Morgan fingerprint density at radius 2 is 1.85 bits per heavy atom. The quantitative estimate of drug-likeness (QED) is 0.387. The number of fused-ring (bicyclic) bond motifs is 1. The van der Waals surface area contributed by atoms with Crippen LogP contribution in [0.2, 0.25) is 5.02 Å². The van der Waals surface area contributed by atoms with E-state index in [0.717, 1.165) is 18.2 Å². The zero-order valence-electron chi connectivity index (χ0n) is 17.4. The van der Waals surface area contributed by atoms with Crippen molar-refractivity contribution in [2.24, 2.45) is 0 Å². The number of hydrogen-bond acceptors (Lipinski definition) is 7. The third-order valence-electron chi connectivity index (χ3n) is 5.30. The number of nitrogens with zero attached hydrogens (tertiary/aromatic N) is 4. The lowest BCUT2D eigenvalue weighted by molar-refractivity contribution is 0.0697. The minimum atomic E-state index is -1.06. The van der Waals surface area contributed by atoms with Crippen molar-refractivity contribution in [2.75, 3.05) is 18.5 Å². The molecule has 0 unspecified atom stereocenters. The predicted octanol–water partition coefficient (Wildman–Crippen LogP) is 5.19. The van der Waals surface area contributed by atoms with Crippen molar-refractivity contribution in [2.45, 2.75) is 26.3 Å². The molecule has 2 aromatic carbocycles. The highest BCUT2D eigenvalue weighted by Crippen LogP contribution is 2.30. The Morgan fingerprint density at radius 3 is 2.56 bits per heavy atom. The molecule has 1 aliphatic rings. The molecule has 1 fully saturated rings. The van der Waals surface area contributed by atoms with Crippen LogP contribution in [0.3, 0.4) is 0 Å². The first-order chi connectivity index (χ1) is 16.0. The number of ether oxygens (including phenoxy) is 2. The fourth-order valence-corrected chi connectivity index (χ4v) is 3.71. The molecule has 2 aromatic heterocycles. The second-order valence-electron chi connectivity index (χ2n) is 7.62. The van der Waals surface area contributed by atoms with Gasteiger partial charge >= 0.3 is 5.97 Å². The van der Waals surface area contributed by atoms with Gasteiger partial charge in [0.05, 0.1) is 17.3 Å². The van der Waals surface area contributed by atoms with Crippen molar-refractivity contribution in [3.8, 4) is 17.4 Å². The first kappa shape index (κ1) is 23.5. The smallest absolute Gasteiger partial charge is 0.338 e. The van der Waals surface area contributed by atoms with E-state index in [9.17, 15) is 9.90 Å².